The van der Waals surface area contributed by atoms with Crippen LogP contribution >= 0.6 is 0 Å². The molecular formula is C26H56N2O5S. The van der Waals surface area contributed by atoms with Crippen molar-refractivity contribution in [2.45, 2.75) is 155 Å². The van der Waals surface area contributed by atoms with Gasteiger partial charge < -0.3 is 11.1 Å². The summed E-state index contributed by atoms with van der Waals surface area (Å²) in [4.78, 5) is 12.1. The van der Waals surface area contributed by atoms with Gasteiger partial charge in [-0.1, -0.05) is 111 Å². The van der Waals surface area contributed by atoms with Crippen molar-refractivity contribution in [2.75, 3.05) is 7.11 Å². The van der Waals surface area contributed by atoms with Crippen LogP contribution in [0.3, 0.4) is 0 Å². The second kappa shape index (κ2) is 22.7. The van der Waals surface area contributed by atoms with Crippen LogP contribution in [0.4, 0.5) is 0 Å². The molecule has 0 aliphatic carbocycles. The Morgan fingerprint density at radius 3 is 1.44 bits per heavy atom. The van der Waals surface area contributed by atoms with E-state index in [1.807, 2.05) is 6.92 Å². The summed E-state index contributed by atoms with van der Waals surface area (Å²) in [6, 6.07) is 0.0475. The Kier molecular flexibility index (Phi) is 23.7. The van der Waals surface area contributed by atoms with Crippen molar-refractivity contribution in [1.29, 1.82) is 0 Å². The van der Waals surface area contributed by atoms with Gasteiger partial charge in [-0.05, 0) is 26.2 Å². The third-order valence-electron chi connectivity index (χ3n) is 6.77. The van der Waals surface area contributed by atoms with Crippen LogP contribution in [0, 0.1) is 0 Å². The number of nitrogens with one attached hydrogen (secondary N) is 1. The van der Waals surface area contributed by atoms with E-state index in [1.165, 1.54) is 89.9 Å². The summed E-state index contributed by atoms with van der Waals surface area (Å²) >= 11 is 0. The standard InChI is InChI=1S/C25H52N2O.CH4O4S/c1-5-8-9-10-11-12-13-14-15-16-17-18-19-20-21-22-24(28)27-23(4)25(26,6-2)7-3;1-5-6(2,3)4/h23H,5-22,26H2,1-4H3,(H,27,28);1H3,(H,2,3,4). The highest BCUT2D eigenvalue weighted by Crippen LogP contribution is 2.17. The van der Waals surface area contributed by atoms with E-state index in [0.717, 1.165) is 26.4 Å². The molecular weight excluding hydrogens is 452 g/mol. The molecule has 0 radical (unpaired) electrons. The van der Waals surface area contributed by atoms with Crippen LogP contribution in [-0.2, 0) is 19.4 Å². The number of nitrogens with two attached hydrogens (primary N) is 1. The van der Waals surface area contributed by atoms with Gasteiger partial charge in [0.05, 0.1) is 7.11 Å². The zero-order chi connectivity index (χ0) is 26.3. The van der Waals surface area contributed by atoms with Crippen molar-refractivity contribution in [3.63, 3.8) is 0 Å². The van der Waals surface area contributed by atoms with Crippen molar-refractivity contribution < 1.29 is 21.9 Å². The van der Waals surface area contributed by atoms with E-state index in [4.69, 9.17) is 10.3 Å². The lowest BCUT2D eigenvalue weighted by Crippen LogP contribution is -2.56. The maximum absolute atomic E-state index is 12.1. The van der Waals surface area contributed by atoms with Crippen LogP contribution in [-0.4, -0.2) is 37.6 Å². The van der Waals surface area contributed by atoms with Gasteiger partial charge in [0.1, 0.15) is 0 Å². The zero-order valence-electron chi connectivity index (χ0n) is 22.9. The fourth-order valence-electron chi connectivity index (χ4n) is 3.98. The SMILES string of the molecule is CCCCCCCCCCCCCCCCCC(=O)NC(C)C(N)(CC)CC.COS(=O)(=O)O. The number of carbonyl (C=O) groups is 1. The minimum Gasteiger partial charge on any atom is -0.352 e. The predicted molar refractivity (Wildman–Crippen MR) is 143 cm³/mol. The molecule has 206 valence electrons. The molecule has 0 spiro atoms. The second-order valence-corrected chi connectivity index (χ2v) is 10.7. The monoisotopic (exact) mass is 508 g/mol. The van der Waals surface area contributed by atoms with Crippen molar-refractivity contribution in [3.05, 3.63) is 0 Å². The van der Waals surface area contributed by atoms with Gasteiger partial charge in [0, 0.05) is 18.0 Å². The molecule has 0 aromatic carbocycles. The molecule has 0 fully saturated rings. The van der Waals surface area contributed by atoms with Gasteiger partial charge >= 0.3 is 10.4 Å². The Morgan fingerprint density at radius 2 is 1.15 bits per heavy atom. The quantitative estimate of drug-likeness (QED) is 0.117. The minimum absolute atomic E-state index is 0.0475. The van der Waals surface area contributed by atoms with Gasteiger partial charge in [0.2, 0.25) is 5.91 Å². The van der Waals surface area contributed by atoms with Crippen LogP contribution in [0.2, 0.25) is 0 Å². The maximum Gasteiger partial charge on any atom is 0.397 e. The van der Waals surface area contributed by atoms with Gasteiger partial charge in [-0.3, -0.25) is 13.5 Å². The largest absolute Gasteiger partial charge is 0.397 e. The topological polar surface area (TPSA) is 119 Å². The van der Waals surface area contributed by atoms with Crippen molar-refractivity contribution in [1.82, 2.24) is 5.32 Å². The lowest BCUT2D eigenvalue weighted by Gasteiger charge is -2.34. The number of rotatable bonds is 21. The lowest BCUT2D eigenvalue weighted by molar-refractivity contribution is -0.122. The van der Waals surface area contributed by atoms with E-state index in [-0.39, 0.29) is 17.5 Å². The Hall–Kier alpha value is -0.700. The highest BCUT2D eigenvalue weighted by atomic mass is 32.3. The molecule has 7 nitrogen and oxygen atoms in total. The molecule has 0 rings (SSSR count). The van der Waals surface area contributed by atoms with E-state index >= 15 is 0 Å². The predicted octanol–water partition coefficient (Wildman–Crippen LogP) is 6.71. The molecule has 0 bridgehead atoms. The van der Waals surface area contributed by atoms with Crippen LogP contribution < -0.4 is 11.1 Å². The van der Waals surface area contributed by atoms with Crippen LogP contribution in [0.5, 0.6) is 0 Å². The highest BCUT2D eigenvalue weighted by molar-refractivity contribution is 7.80. The smallest absolute Gasteiger partial charge is 0.352 e. The molecule has 1 atom stereocenters. The number of amides is 1. The molecule has 1 unspecified atom stereocenters. The first kappa shape index (κ1) is 35.5. The van der Waals surface area contributed by atoms with E-state index < -0.39 is 10.4 Å². The molecule has 0 aliphatic rings. The Bertz CT molecular complexity index is 566. The normalized spacial score (nSPS) is 12.7. The van der Waals surface area contributed by atoms with Crippen molar-refractivity contribution in [3.8, 4) is 0 Å². The Balaban J connectivity index is 0. The van der Waals surface area contributed by atoms with Crippen molar-refractivity contribution >= 4 is 16.3 Å². The minimum atomic E-state index is -4.16. The fourth-order valence-corrected chi connectivity index (χ4v) is 3.98. The molecule has 34 heavy (non-hydrogen) atoms. The summed E-state index contributed by atoms with van der Waals surface area (Å²) in [6.07, 6.45) is 22.7. The molecule has 8 heteroatoms. The summed E-state index contributed by atoms with van der Waals surface area (Å²) in [5, 5.41) is 3.11. The summed E-state index contributed by atoms with van der Waals surface area (Å²) < 4.78 is 29.7. The molecule has 0 saturated carbocycles. The third kappa shape index (κ3) is 23.1. The third-order valence-corrected chi connectivity index (χ3v) is 7.20. The Labute approximate surface area is 211 Å². The Morgan fingerprint density at radius 1 is 0.824 bits per heavy atom. The fraction of sp³-hybridized carbons (Fsp3) is 0.962. The molecule has 0 aromatic rings. The highest BCUT2D eigenvalue weighted by Gasteiger charge is 2.28. The number of unbranched alkanes of at least 4 members (excludes halogenated alkanes) is 14. The molecule has 0 aromatic heterocycles. The number of hydrogen-bond acceptors (Lipinski definition) is 5. The lowest BCUT2D eigenvalue weighted by atomic mass is 9.86. The molecule has 0 aliphatic heterocycles. The number of hydrogen-bond donors (Lipinski definition) is 3. The second-order valence-electron chi connectivity index (χ2n) is 9.52. The van der Waals surface area contributed by atoms with Gasteiger partial charge in [-0.2, -0.15) is 8.42 Å². The van der Waals surface area contributed by atoms with Crippen molar-refractivity contribution in [2.24, 2.45) is 5.73 Å². The van der Waals surface area contributed by atoms with Gasteiger partial charge in [-0.25, -0.2) is 0 Å². The summed E-state index contributed by atoms with van der Waals surface area (Å²) in [5.41, 5.74) is 6.09. The van der Waals surface area contributed by atoms with Gasteiger partial charge in [0.15, 0.2) is 0 Å². The molecule has 0 saturated heterocycles. The summed E-state index contributed by atoms with van der Waals surface area (Å²) in [5.74, 6) is 0.166. The van der Waals surface area contributed by atoms with Gasteiger partial charge in [0.25, 0.3) is 0 Å². The van der Waals surface area contributed by atoms with Crippen LogP contribution in [0.1, 0.15) is 143 Å². The zero-order valence-corrected chi connectivity index (χ0v) is 23.7. The van der Waals surface area contributed by atoms with E-state index in [0.29, 0.717) is 6.42 Å². The average Bonchev–Trinajstić information content (AvgIpc) is 2.80. The first-order valence-electron chi connectivity index (χ1n) is 13.7. The maximum atomic E-state index is 12.1. The van der Waals surface area contributed by atoms with E-state index in [9.17, 15) is 13.2 Å². The molecule has 0 heterocycles. The number of carbonyl (C=O) groups excluding carboxylic acids is 1. The van der Waals surface area contributed by atoms with Gasteiger partial charge in [-0.15, -0.1) is 0 Å². The summed E-state index contributed by atoms with van der Waals surface area (Å²) in [6.45, 7) is 8.52. The van der Waals surface area contributed by atoms with Crippen LogP contribution in [0.25, 0.3) is 0 Å². The first-order valence-corrected chi connectivity index (χ1v) is 15.0. The molecule has 4 N–H and O–H groups in total. The van der Waals surface area contributed by atoms with E-state index in [1.54, 1.807) is 0 Å². The van der Waals surface area contributed by atoms with E-state index in [2.05, 4.69) is 30.3 Å². The first-order chi connectivity index (χ1) is 16.1. The van der Waals surface area contributed by atoms with Crippen LogP contribution in [0.15, 0.2) is 0 Å². The average molecular weight is 509 g/mol. The summed E-state index contributed by atoms with van der Waals surface area (Å²) in [7, 11) is -3.29. The molecule has 1 amide bonds.